The molecule has 18 heavy (non-hydrogen) atoms. The number of carbonyl (C=O) groups excluding carboxylic acids is 1. The number of nitrogens with one attached hydrogen (secondary N) is 1. The first-order valence-electron chi connectivity index (χ1n) is 6.51. The van der Waals surface area contributed by atoms with Crippen molar-refractivity contribution in [1.82, 2.24) is 5.32 Å². The molecule has 0 aromatic rings. The van der Waals surface area contributed by atoms with Gasteiger partial charge in [0.1, 0.15) is 5.54 Å². The molecule has 0 bridgehead atoms. The summed E-state index contributed by atoms with van der Waals surface area (Å²) in [5, 5.41) is 12.0. The van der Waals surface area contributed by atoms with Crippen molar-refractivity contribution in [2.75, 3.05) is 7.11 Å². The standard InChI is InChI=1S/C13H21NO4/c1-12(11(16)17,9-4-5-9)14-10(15)8-13(18-2)6-3-7-13/h9H,3-8H2,1-2H3,(H,14,15)(H,16,17). The number of aliphatic carboxylic acids is 1. The third-order valence-corrected chi connectivity index (χ3v) is 4.42. The van der Waals surface area contributed by atoms with E-state index in [-0.39, 0.29) is 23.8 Å². The van der Waals surface area contributed by atoms with Crippen LogP contribution in [0.1, 0.15) is 45.4 Å². The van der Waals surface area contributed by atoms with Crippen molar-refractivity contribution < 1.29 is 19.4 Å². The van der Waals surface area contributed by atoms with Gasteiger partial charge in [-0.3, -0.25) is 4.79 Å². The number of carboxylic acids is 1. The molecule has 2 saturated carbocycles. The first kappa shape index (κ1) is 13.3. The average molecular weight is 255 g/mol. The van der Waals surface area contributed by atoms with Crippen LogP contribution in [0.3, 0.4) is 0 Å². The minimum Gasteiger partial charge on any atom is -0.480 e. The number of amides is 1. The Balaban J connectivity index is 1.95. The number of ether oxygens (including phenoxy) is 1. The van der Waals surface area contributed by atoms with Gasteiger partial charge in [-0.25, -0.2) is 4.79 Å². The van der Waals surface area contributed by atoms with E-state index in [9.17, 15) is 14.7 Å². The molecule has 0 saturated heterocycles. The predicted molar refractivity (Wildman–Crippen MR) is 65.1 cm³/mol. The van der Waals surface area contributed by atoms with E-state index >= 15 is 0 Å². The molecule has 2 rings (SSSR count). The van der Waals surface area contributed by atoms with Crippen LogP contribution in [0, 0.1) is 5.92 Å². The van der Waals surface area contributed by atoms with Crippen molar-refractivity contribution in [2.24, 2.45) is 5.92 Å². The van der Waals surface area contributed by atoms with Gasteiger partial charge in [-0.1, -0.05) is 0 Å². The Morgan fingerprint density at radius 3 is 2.39 bits per heavy atom. The Hall–Kier alpha value is -1.10. The van der Waals surface area contributed by atoms with E-state index in [4.69, 9.17) is 4.74 Å². The van der Waals surface area contributed by atoms with Crippen LogP contribution in [-0.2, 0) is 14.3 Å². The smallest absolute Gasteiger partial charge is 0.329 e. The summed E-state index contributed by atoms with van der Waals surface area (Å²) in [7, 11) is 1.61. The average Bonchev–Trinajstić information content (AvgIpc) is 3.06. The first-order valence-corrected chi connectivity index (χ1v) is 6.51. The van der Waals surface area contributed by atoms with E-state index in [2.05, 4.69) is 5.32 Å². The molecule has 2 fully saturated rings. The molecule has 1 unspecified atom stereocenters. The zero-order valence-corrected chi connectivity index (χ0v) is 11.0. The molecule has 0 aromatic carbocycles. The molecule has 102 valence electrons. The molecule has 2 aliphatic rings. The predicted octanol–water partition coefficient (Wildman–Crippen LogP) is 1.32. The maximum atomic E-state index is 12.0. The Labute approximate surface area is 107 Å². The summed E-state index contributed by atoms with van der Waals surface area (Å²) >= 11 is 0. The third-order valence-electron chi connectivity index (χ3n) is 4.42. The van der Waals surface area contributed by atoms with Gasteiger partial charge in [0.25, 0.3) is 0 Å². The highest BCUT2D eigenvalue weighted by Gasteiger charge is 2.49. The molecule has 0 spiro atoms. The van der Waals surface area contributed by atoms with E-state index in [1.165, 1.54) is 0 Å². The maximum Gasteiger partial charge on any atom is 0.329 e. The summed E-state index contributed by atoms with van der Waals surface area (Å²) in [6, 6.07) is 0. The second-order valence-electron chi connectivity index (χ2n) is 5.75. The maximum absolute atomic E-state index is 12.0. The second-order valence-corrected chi connectivity index (χ2v) is 5.75. The number of carboxylic acid groups (broad SMARTS) is 1. The van der Waals surface area contributed by atoms with Crippen LogP contribution in [-0.4, -0.2) is 35.2 Å². The molecule has 5 nitrogen and oxygen atoms in total. The van der Waals surface area contributed by atoms with Gasteiger partial charge in [-0.15, -0.1) is 0 Å². The third kappa shape index (κ3) is 2.36. The number of rotatable bonds is 6. The van der Waals surface area contributed by atoms with Gasteiger partial charge in [-0.2, -0.15) is 0 Å². The van der Waals surface area contributed by atoms with Crippen molar-refractivity contribution in [1.29, 1.82) is 0 Å². The minimum atomic E-state index is -1.12. The van der Waals surface area contributed by atoms with Crippen molar-refractivity contribution in [2.45, 2.75) is 56.6 Å². The minimum absolute atomic E-state index is 0.0684. The highest BCUT2D eigenvalue weighted by molar-refractivity contribution is 5.87. The lowest BCUT2D eigenvalue weighted by Crippen LogP contribution is -2.56. The second kappa shape index (κ2) is 4.53. The number of methoxy groups -OCH3 is 1. The normalized spacial score (nSPS) is 24.8. The molecular formula is C13H21NO4. The van der Waals surface area contributed by atoms with Crippen LogP contribution in [0.2, 0.25) is 0 Å². The van der Waals surface area contributed by atoms with Gasteiger partial charge in [0, 0.05) is 7.11 Å². The molecule has 2 aliphatic carbocycles. The lowest BCUT2D eigenvalue weighted by atomic mass is 9.77. The summed E-state index contributed by atoms with van der Waals surface area (Å²) < 4.78 is 5.39. The molecule has 0 aromatic heterocycles. The van der Waals surface area contributed by atoms with Crippen LogP contribution >= 0.6 is 0 Å². The molecule has 2 N–H and O–H groups in total. The van der Waals surface area contributed by atoms with Gasteiger partial charge in [0.05, 0.1) is 12.0 Å². The molecule has 1 atom stereocenters. The Bertz CT molecular complexity index is 354. The summed E-state index contributed by atoms with van der Waals surface area (Å²) in [6.07, 6.45) is 4.84. The van der Waals surface area contributed by atoms with Gasteiger partial charge in [-0.05, 0) is 44.9 Å². The molecule has 0 radical (unpaired) electrons. The Morgan fingerprint density at radius 1 is 1.44 bits per heavy atom. The SMILES string of the molecule is COC1(CC(=O)NC(C)(C(=O)O)C2CC2)CCC1. The molecule has 5 heteroatoms. The highest BCUT2D eigenvalue weighted by atomic mass is 16.5. The largest absolute Gasteiger partial charge is 0.480 e. The van der Waals surface area contributed by atoms with E-state index in [1.807, 2.05) is 0 Å². The zero-order valence-electron chi connectivity index (χ0n) is 11.0. The fourth-order valence-corrected chi connectivity index (χ4v) is 2.64. The lowest BCUT2D eigenvalue weighted by Gasteiger charge is -2.40. The van der Waals surface area contributed by atoms with E-state index < -0.39 is 11.5 Å². The summed E-state index contributed by atoms with van der Waals surface area (Å²) in [6.45, 7) is 1.60. The quantitative estimate of drug-likeness (QED) is 0.750. The van der Waals surface area contributed by atoms with E-state index in [0.29, 0.717) is 0 Å². The molecule has 0 aliphatic heterocycles. The molecular weight excluding hydrogens is 234 g/mol. The fourth-order valence-electron chi connectivity index (χ4n) is 2.64. The van der Waals surface area contributed by atoms with Crippen LogP contribution < -0.4 is 5.32 Å². The summed E-state index contributed by atoms with van der Waals surface area (Å²) in [4.78, 5) is 23.3. The van der Waals surface area contributed by atoms with Crippen LogP contribution in [0.25, 0.3) is 0 Å². The van der Waals surface area contributed by atoms with Crippen molar-refractivity contribution >= 4 is 11.9 Å². The number of carbonyl (C=O) groups is 2. The Kier molecular flexibility index (Phi) is 3.36. The van der Waals surface area contributed by atoms with Crippen LogP contribution in [0.5, 0.6) is 0 Å². The topological polar surface area (TPSA) is 75.6 Å². The van der Waals surface area contributed by atoms with Gasteiger partial charge >= 0.3 is 5.97 Å². The molecule has 0 heterocycles. The summed E-state index contributed by atoms with van der Waals surface area (Å²) in [5.41, 5.74) is -1.47. The van der Waals surface area contributed by atoms with Crippen molar-refractivity contribution in [3.05, 3.63) is 0 Å². The van der Waals surface area contributed by atoms with Gasteiger partial charge in [0.2, 0.25) is 5.91 Å². The van der Waals surface area contributed by atoms with E-state index in [0.717, 1.165) is 32.1 Å². The highest BCUT2D eigenvalue weighted by Crippen LogP contribution is 2.41. The van der Waals surface area contributed by atoms with Crippen LogP contribution in [0.4, 0.5) is 0 Å². The van der Waals surface area contributed by atoms with Crippen molar-refractivity contribution in [3.8, 4) is 0 Å². The summed E-state index contributed by atoms with van der Waals surface area (Å²) in [5.74, 6) is -1.09. The lowest BCUT2D eigenvalue weighted by molar-refractivity contribution is -0.150. The zero-order chi connectivity index (χ0) is 13.4. The van der Waals surface area contributed by atoms with Gasteiger partial charge < -0.3 is 15.2 Å². The van der Waals surface area contributed by atoms with Crippen LogP contribution in [0.15, 0.2) is 0 Å². The van der Waals surface area contributed by atoms with Crippen molar-refractivity contribution in [3.63, 3.8) is 0 Å². The fraction of sp³-hybridized carbons (Fsp3) is 0.846. The van der Waals surface area contributed by atoms with E-state index in [1.54, 1.807) is 14.0 Å². The monoisotopic (exact) mass is 255 g/mol. The number of hydrogen-bond acceptors (Lipinski definition) is 3. The molecule has 1 amide bonds. The Morgan fingerprint density at radius 2 is 2.06 bits per heavy atom. The first-order chi connectivity index (χ1) is 8.42. The number of hydrogen-bond donors (Lipinski definition) is 2. The van der Waals surface area contributed by atoms with Gasteiger partial charge in [0.15, 0.2) is 0 Å².